The van der Waals surface area contributed by atoms with Crippen LogP contribution in [0.25, 0.3) is 11.4 Å². The van der Waals surface area contributed by atoms with Gasteiger partial charge in [0.25, 0.3) is 0 Å². The average Bonchev–Trinajstić information content (AvgIpc) is 3.08. The highest BCUT2D eigenvalue weighted by Crippen LogP contribution is 2.61. The zero-order valence-electron chi connectivity index (χ0n) is 16.2. The Morgan fingerprint density at radius 2 is 1.77 bits per heavy atom. The van der Waals surface area contributed by atoms with Crippen molar-refractivity contribution < 1.29 is 0 Å². The molecule has 0 atom stereocenters. The number of hydrogen-bond acceptors (Lipinski definition) is 2. The Balaban J connectivity index is 1.29. The SMILES string of the molecule is CN(C)c1cccc(-c2ncc(CCC34CC5CC(CC(C5)C3)C4)[nH]2)c1. The van der Waals surface area contributed by atoms with Crippen LogP contribution in [0.5, 0.6) is 0 Å². The topological polar surface area (TPSA) is 31.9 Å². The molecular formula is C23H31N3. The molecule has 26 heavy (non-hydrogen) atoms. The van der Waals surface area contributed by atoms with Crippen molar-refractivity contribution in [2.24, 2.45) is 23.2 Å². The van der Waals surface area contributed by atoms with Crippen molar-refractivity contribution in [3.05, 3.63) is 36.2 Å². The standard InChI is InChI=1S/C23H31N3/c1-26(2)21-5-3-4-19(11-21)22-24-15-20(25-22)6-7-23-12-16-8-17(13-23)10-18(9-16)14-23/h3-5,11,15-18H,6-10,12-14H2,1-2H3,(H,24,25). The van der Waals surface area contributed by atoms with E-state index >= 15 is 0 Å². The molecular weight excluding hydrogens is 318 g/mol. The van der Waals surface area contributed by atoms with Crippen LogP contribution >= 0.6 is 0 Å². The fourth-order valence-corrected chi connectivity index (χ4v) is 6.56. The molecule has 0 amide bonds. The van der Waals surface area contributed by atoms with Crippen LogP contribution in [-0.4, -0.2) is 24.1 Å². The molecule has 1 heterocycles. The molecule has 138 valence electrons. The first-order valence-corrected chi connectivity index (χ1v) is 10.4. The maximum atomic E-state index is 4.68. The minimum atomic E-state index is 0.658. The quantitative estimate of drug-likeness (QED) is 0.795. The van der Waals surface area contributed by atoms with E-state index in [1.165, 1.54) is 61.9 Å². The van der Waals surface area contributed by atoms with Gasteiger partial charge in [-0.3, -0.25) is 0 Å². The summed E-state index contributed by atoms with van der Waals surface area (Å²) in [7, 11) is 4.16. The van der Waals surface area contributed by atoms with Crippen molar-refractivity contribution in [3.63, 3.8) is 0 Å². The molecule has 4 aliphatic rings. The summed E-state index contributed by atoms with van der Waals surface area (Å²) in [6.45, 7) is 0. The number of H-pyrrole nitrogens is 1. The number of benzene rings is 1. The number of imidazole rings is 1. The van der Waals surface area contributed by atoms with Gasteiger partial charge in [-0.05, 0) is 86.7 Å². The first-order chi connectivity index (χ1) is 12.6. The van der Waals surface area contributed by atoms with Crippen LogP contribution < -0.4 is 4.90 Å². The van der Waals surface area contributed by atoms with E-state index in [4.69, 9.17) is 0 Å². The Kier molecular flexibility index (Phi) is 3.88. The summed E-state index contributed by atoms with van der Waals surface area (Å²) >= 11 is 0. The lowest BCUT2D eigenvalue weighted by Crippen LogP contribution is -2.46. The summed E-state index contributed by atoms with van der Waals surface area (Å²) in [6.07, 6.45) is 13.7. The maximum absolute atomic E-state index is 4.68. The van der Waals surface area contributed by atoms with Crippen molar-refractivity contribution in [3.8, 4) is 11.4 Å². The monoisotopic (exact) mass is 349 g/mol. The van der Waals surface area contributed by atoms with E-state index in [-0.39, 0.29) is 0 Å². The number of aromatic nitrogens is 2. The maximum Gasteiger partial charge on any atom is 0.137 e. The van der Waals surface area contributed by atoms with E-state index in [2.05, 4.69) is 59.4 Å². The second kappa shape index (κ2) is 6.14. The van der Waals surface area contributed by atoms with Gasteiger partial charge >= 0.3 is 0 Å². The largest absolute Gasteiger partial charge is 0.378 e. The molecule has 3 heteroatoms. The molecule has 2 aromatic rings. The van der Waals surface area contributed by atoms with E-state index in [1.807, 2.05) is 0 Å². The first kappa shape index (κ1) is 16.4. The average molecular weight is 350 g/mol. The lowest BCUT2D eigenvalue weighted by atomic mass is 9.48. The Labute approximate surface area is 157 Å². The van der Waals surface area contributed by atoms with E-state index in [0.29, 0.717) is 5.41 Å². The summed E-state index contributed by atoms with van der Waals surface area (Å²) < 4.78 is 0. The first-order valence-electron chi connectivity index (χ1n) is 10.4. The molecule has 1 N–H and O–H groups in total. The van der Waals surface area contributed by atoms with E-state index in [0.717, 1.165) is 30.0 Å². The van der Waals surface area contributed by atoms with Gasteiger partial charge in [-0.25, -0.2) is 4.98 Å². The van der Waals surface area contributed by atoms with Crippen molar-refractivity contribution in [2.45, 2.75) is 51.4 Å². The van der Waals surface area contributed by atoms with Crippen LogP contribution in [0.2, 0.25) is 0 Å². The fraction of sp³-hybridized carbons (Fsp3) is 0.609. The van der Waals surface area contributed by atoms with Gasteiger partial charge in [0.1, 0.15) is 5.82 Å². The van der Waals surface area contributed by atoms with Crippen LogP contribution in [0.4, 0.5) is 5.69 Å². The minimum absolute atomic E-state index is 0.658. The lowest BCUT2D eigenvalue weighted by Gasteiger charge is -2.57. The molecule has 6 rings (SSSR count). The Bertz CT molecular complexity index is 753. The molecule has 0 saturated heterocycles. The molecule has 1 aromatic carbocycles. The van der Waals surface area contributed by atoms with Crippen molar-refractivity contribution >= 4 is 5.69 Å². The lowest BCUT2D eigenvalue weighted by molar-refractivity contribution is -0.0570. The molecule has 1 aromatic heterocycles. The van der Waals surface area contributed by atoms with Crippen LogP contribution in [0.3, 0.4) is 0 Å². The van der Waals surface area contributed by atoms with E-state index in [1.54, 1.807) is 0 Å². The fourth-order valence-electron chi connectivity index (χ4n) is 6.56. The molecule has 0 aliphatic heterocycles. The number of aryl methyl sites for hydroxylation is 1. The van der Waals surface area contributed by atoms with Gasteiger partial charge < -0.3 is 9.88 Å². The summed E-state index contributed by atoms with van der Waals surface area (Å²) in [6, 6.07) is 8.61. The van der Waals surface area contributed by atoms with Crippen molar-refractivity contribution in [1.29, 1.82) is 0 Å². The van der Waals surface area contributed by atoms with Gasteiger partial charge in [-0.15, -0.1) is 0 Å². The second-order valence-electron chi connectivity index (χ2n) is 9.62. The van der Waals surface area contributed by atoms with Crippen LogP contribution in [0.15, 0.2) is 30.5 Å². The second-order valence-corrected chi connectivity index (χ2v) is 9.62. The number of aromatic amines is 1. The molecule has 0 unspecified atom stereocenters. The predicted molar refractivity (Wildman–Crippen MR) is 107 cm³/mol. The van der Waals surface area contributed by atoms with E-state index in [9.17, 15) is 0 Å². The number of hydrogen-bond donors (Lipinski definition) is 1. The van der Waals surface area contributed by atoms with Crippen LogP contribution in [0, 0.1) is 23.2 Å². The van der Waals surface area contributed by atoms with Gasteiger partial charge in [0.15, 0.2) is 0 Å². The Morgan fingerprint density at radius 1 is 1.08 bits per heavy atom. The molecule has 0 radical (unpaired) electrons. The van der Waals surface area contributed by atoms with Crippen molar-refractivity contribution in [1.82, 2.24) is 9.97 Å². The van der Waals surface area contributed by atoms with E-state index < -0.39 is 0 Å². The van der Waals surface area contributed by atoms with Gasteiger partial charge in [0.05, 0.1) is 0 Å². The smallest absolute Gasteiger partial charge is 0.137 e. The molecule has 3 nitrogen and oxygen atoms in total. The number of nitrogens with zero attached hydrogens (tertiary/aromatic N) is 2. The van der Waals surface area contributed by atoms with Gasteiger partial charge in [-0.2, -0.15) is 0 Å². The highest BCUT2D eigenvalue weighted by Gasteiger charge is 2.50. The molecule has 4 saturated carbocycles. The molecule has 0 spiro atoms. The summed E-state index contributed by atoms with van der Waals surface area (Å²) in [5.41, 5.74) is 4.36. The third-order valence-corrected chi connectivity index (χ3v) is 7.35. The van der Waals surface area contributed by atoms with Crippen LogP contribution in [-0.2, 0) is 6.42 Å². The normalized spacial score (nSPS) is 32.2. The zero-order valence-corrected chi connectivity index (χ0v) is 16.2. The van der Waals surface area contributed by atoms with Crippen LogP contribution in [0.1, 0.15) is 50.6 Å². The zero-order chi connectivity index (χ0) is 17.7. The number of nitrogens with one attached hydrogen (secondary N) is 1. The molecule has 4 bridgehead atoms. The van der Waals surface area contributed by atoms with Gasteiger partial charge in [0, 0.05) is 37.2 Å². The van der Waals surface area contributed by atoms with Gasteiger partial charge in [0.2, 0.25) is 0 Å². The highest BCUT2D eigenvalue weighted by atomic mass is 15.1. The number of rotatable bonds is 5. The predicted octanol–water partition coefficient (Wildman–Crippen LogP) is 5.29. The third kappa shape index (κ3) is 2.95. The minimum Gasteiger partial charge on any atom is -0.378 e. The Hall–Kier alpha value is -1.77. The molecule has 4 aliphatic carbocycles. The third-order valence-electron chi connectivity index (χ3n) is 7.35. The summed E-state index contributed by atoms with van der Waals surface area (Å²) in [5, 5.41) is 0. The molecule has 4 fully saturated rings. The highest BCUT2D eigenvalue weighted by molar-refractivity contribution is 5.63. The summed E-state index contributed by atoms with van der Waals surface area (Å²) in [5.74, 6) is 4.15. The van der Waals surface area contributed by atoms with Crippen molar-refractivity contribution in [2.75, 3.05) is 19.0 Å². The van der Waals surface area contributed by atoms with Gasteiger partial charge in [-0.1, -0.05) is 12.1 Å². The number of anilines is 1. The Morgan fingerprint density at radius 3 is 2.42 bits per heavy atom. The summed E-state index contributed by atoms with van der Waals surface area (Å²) in [4.78, 5) is 10.4.